The molecule has 114 valence electrons. The Hall–Kier alpha value is -0.920. The Labute approximate surface area is 120 Å². The SMILES string of the molecule is Cc1nn(C)c(C)c1S(=O)(=O)NCC1CCC(O)CC1. The summed E-state index contributed by atoms with van der Waals surface area (Å²) in [6.45, 7) is 3.90. The molecule has 7 heteroatoms. The summed E-state index contributed by atoms with van der Waals surface area (Å²) in [6.07, 6.45) is 3.04. The minimum Gasteiger partial charge on any atom is -0.393 e. The lowest BCUT2D eigenvalue weighted by Gasteiger charge is -2.25. The normalized spacial score (nSPS) is 24.0. The highest BCUT2D eigenvalue weighted by Gasteiger charge is 2.26. The molecule has 0 amide bonds. The Balaban J connectivity index is 2.04. The lowest BCUT2D eigenvalue weighted by Crippen LogP contribution is -2.32. The van der Waals surface area contributed by atoms with Crippen molar-refractivity contribution in [1.29, 1.82) is 0 Å². The minimum atomic E-state index is -3.51. The van der Waals surface area contributed by atoms with Gasteiger partial charge in [0.1, 0.15) is 4.90 Å². The van der Waals surface area contributed by atoms with Gasteiger partial charge >= 0.3 is 0 Å². The molecule has 1 aliphatic rings. The number of nitrogens with one attached hydrogen (secondary N) is 1. The molecule has 1 saturated carbocycles. The van der Waals surface area contributed by atoms with Crippen LogP contribution in [0, 0.1) is 19.8 Å². The van der Waals surface area contributed by atoms with E-state index in [9.17, 15) is 13.5 Å². The van der Waals surface area contributed by atoms with Crippen LogP contribution in [-0.2, 0) is 17.1 Å². The largest absolute Gasteiger partial charge is 0.393 e. The molecule has 2 N–H and O–H groups in total. The zero-order valence-electron chi connectivity index (χ0n) is 12.3. The van der Waals surface area contributed by atoms with Gasteiger partial charge in [0.15, 0.2) is 0 Å². The fourth-order valence-electron chi connectivity index (χ4n) is 2.79. The van der Waals surface area contributed by atoms with Gasteiger partial charge in [-0.05, 0) is 45.4 Å². The first-order valence-electron chi connectivity index (χ1n) is 6.99. The molecule has 1 heterocycles. The van der Waals surface area contributed by atoms with E-state index in [0.717, 1.165) is 25.7 Å². The number of sulfonamides is 1. The first-order chi connectivity index (χ1) is 9.31. The Morgan fingerprint density at radius 2 is 1.90 bits per heavy atom. The molecule has 0 saturated heterocycles. The molecule has 0 spiro atoms. The van der Waals surface area contributed by atoms with E-state index in [-0.39, 0.29) is 11.0 Å². The van der Waals surface area contributed by atoms with Crippen molar-refractivity contribution in [2.24, 2.45) is 13.0 Å². The number of aliphatic hydroxyl groups excluding tert-OH is 1. The van der Waals surface area contributed by atoms with Gasteiger partial charge in [0, 0.05) is 13.6 Å². The monoisotopic (exact) mass is 301 g/mol. The minimum absolute atomic E-state index is 0.217. The summed E-state index contributed by atoms with van der Waals surface area (Å²) in [6, 6.07) is 0. The Morgan fingerprint density at radius 3 is 2.40 bits per heavy atom. The third kappa shape index (κ3) is 3.21. The van der Waals surface area contributed by atoms with Crippen molar-refractivity contribution in [3.63, 3.8) is 0 Å². The third-order valence-corrected chi connectivity index (χ3v) is 5.76. The van der Waals surface area contributed by atoms with Gasteiger partial charge < -0.3 is 5.11 Å². The zero-order valence-corrected chi connectivity index (χ0v) is 13.1. The fourth-order valence-corrected chi connectivity index (χ4v) is 4.34. The standard InChI is InChI=1S/C13H23N3O3S/c1-9-13(10(2)16(3)15-9)20(18,19)14-8-11-4-6-12(17)7-5-11/h11-12,14,17H,4-8H2,1-3H3. The third-order valence-electron chi connectivity index (χ3n) is 4.09. The van der Waals surface area contributed by atoms with Crippen LogP contribution in [0.3, 0.4) is 0 Å². The second-order valence-electron chi connectivity index (χ2n) is 5.65. The molecule has 0 aliphatic heterocycles. The van der Waals surface area contributed by atoms with Crippen molar-refractivity contribution < 1.29 is 13.5 Å². The second kappa shape index (κ2) is 5.83. The molecule has 20 heavy (non-hydrogen) atoms. The van der Waals surface area contributed by atoms with Gasteiger partial charge in [-0.1, -0.05) is 0 Å². The quantitative estimate of drug-likeness (QED) is 0.864. The number of rotatable bonds is 4. The van der Waals surface area contributed by atoms with E-state index in [1.165, 1.54) is 0 Å². The van der Waals surface area contributed by atoms with Gasteiger partial charge in [-0.3, -0.25) is 4.68 Å². The van der Waals surface area contributed by atoms with E-state index in [0.29, 0.717) is 23.9 Å². The number of hydrogen-bond donors (Lipinski definition) is 2. The lowest BCUT2D eigenvalue weighted by molar-refractivity contribution is 0.109. The Bertz CT molecular complexity index is 572. The van der Waals surface area contributed by atoms with Crippen molar-refractivity contribution in [3.8, 4) is 0 Å². The van der Waals surface area contributed by atoms with E-state index in [2.05, 4.69) is 9.82 Å². The summed E-state index contributed by atoms with van der Waals surface area (Å²) in [7, 11) is -1.77. The number of aliphatic hydroxyl groups is 1. The molecule has 2 rings (SSSR count). The molecule has 0 atom stereocenters. The highest BCUT2D eigenvalue weighted by Crippen LogP contribution is 2.24. The maximum Gasteiger partial charge on any atom is 0.244 e. The summed E-state index contributed by atoms with van der Waals surface area (Å²) >= 11 is 0. The maximum absolute atomic E-state index is 12.4. The van der Waals surface area contributed by atoms with Crippen LogP contribution in [0.2, 0.25) is 0 Å². The van der Waals surface area contributed by atoms with Crippen molar-refractivity contribution in [2.75, 3.05) is 6.54 Å². The van der Waals surface area contributed by atoms with Gasteiger partial charge in [0.25, 0.3) is 0 Å². The molecule has 0 unspecified atom stereocenters. The van der Waals surface area contributed by atoms with Gasteiger partial charge in [-0.25, -0.2) is 13.1 Å². The van der Waals surface area contributed by atoms with Gasteiger partial charge in [-0.15, -0.1) is 0 Å². The molecular formula is C13H23N3O3S. The number of aryl methyl sites for hydroxylation is 2. The first kappa shape index (κ1) is 15.5. The van der Waals surface area contributed by atoms with E-state index in [4.69, 9.17) is 0 Å². The highest BCUT2D eigenvalue weighted by molar-refractivity contribution is 7.89. The zero-order chi connectivity index (χ0) is 14.9. The van der Waals surface area contributed by atoms with Crippen LogP contribution in [0.1, 0.15) is 37.1 Å². The molecule has 0 bridgehead atoms. The van der Waals surface area contributed by atoms with Crippen LogP contribution < -0.4 is 4.72 Å². The van der Waals surface area contributed by atoms with Crippen LogP contribution in [0.15, 0.2) is 4.90 Å². The highest BCUT2D eigenvalue weighted by atomic mass is 32.2. The van der Waals surface area contributed by atoms with E-state index in [1.54, 1.807) is 25.6 Å². The topological polar surface area (TPSA) is 84.2 Å². The van der Waals surface area contributed by atoms with E-state index >= 15 is 0 Å². The van der Waals surface area contributed by atoms with Crippen LogP contribution in [-0.4, -0.2) is 36.0 Å². The molecule has 1 aromatic rings. The van der Waals surface area contributed by atoms with Crippen LogP contribution >= 0.6 is 0 Å². The second-order valence-corrected chi connectivity index (χ2v) is 7.35. The molecule has 0 aromatic carbocycles. The molecule has 1 fully saturated rings. The fraction of sp³-hybridized carbons (Fsp3) is 0.769. The molecule has 6 nitrogen and oxygen atoms in total. The van der Waals surface area contributed by atoms with Gasteiger partial charge in [0.2, 0.25) is 10.0 Å². The summed E-state index contributed by atoms with van der Waals surface area (Å²) in [5.41, 5.74) is 1.17. The molecule has 0 radical (unpaired) electrons. The van der Waals surface area contributed by atoms with Crippen LogP contribution in [0.4, 0.5) is 0 Å². The number of nitrogens with zero attached hydrogens (tertiary/aromatic N) is 2. The summed E-state index contributed by atoms with van der Waals surface area (Å²) in [4.78, 5) is 0.288. The van der Waals surface area contributed by atoms with Crippen molar-refractivity contribution >= 4 is 10.0 Å². The molecule has 1 aromatic heterocycles. The average molecular weight is 301 g/mol. The van der Waals surface area contributed by atoms with Crippen LogP contribution in [0.5, 0.6) is 0 Å². The molecular weight excluding hydrogens is 278 g/mol. The predicted molar refractivity (Wildman–Crippen MR) is 75.8 cm³/mol. The smallest absolute Gasteiger partial charge is 0.244 e. The predicted octanol–water partition coefficient (Wildman–Crippen LogP) is 0.866. The van der Waals surface area contributed by atoms with Crippen LogP contribution in [0.25, 0.3) is 0 Å². The van der Waals surface area contributed by atoms with E-state index < -0.39 is 10.0 Å². The summed E-state index contributed by atoms with van der Waals surface area (Å²) in [5.74, 6) is 0.311. The number of aromatic nitrogens is 2. The maximum atomic E-state index is 12.4. The van der Waals surface area contributed by atoms with Gasteiger partial charge in [-0.2, -0.15) is 5.10 Å². The summed E-state index contributed by atoms with van der Waals surface area (Å²) in [5, 5.41) is 13.6. The van der Waals surface area contributed by atoms with Crippen molar-refractivity contribution in [2.45, 2.75) is 50.5 Å². The van der Waals surface area contributed by atoms with Crippen molar-refractivity contribution in [1.82, 2.24) is 14.5 Å². The summed E-state index contributed by atoms with van der Waals surface area (Å²) < 4.78 is 29.0. The van der Waals surface area contributed by atoms with E-state index in [1.807, 2.05) is 0 Å². The Kier molecular flexibility index (Phi) is 4.51. The number of hydrogen-bond acceptors (Lipinski definition) is 4. The average Bonchev–Trinajstić information content (AvgIpc) is 2.63. The first-order valence-corrected chi connectivity index (χ1v) is 8.47. The molecule has 1 aliphatic carbocycles. The van der Waals surface area contributed by atoms with Crippen molar-refractivity contribution in [3.05, 3.63) is 11.4 Å². The lowest BCUT2D eigenvalue weighted by atomic mass is 9.88. The Morgan fingerprint density at radius 1 is 1.30 bits per heavy atom. The van der Waals surface area contributed by atoms with Gasteiger partial charge in [0.05, 0.1) is 17.5 Å².